The first kappa shape index (κ1) is 14.8. The van der Waals surface area contributed by atoms with Crippen molar-refractivity contribution in [3.05, 3.63) is 46.9 Å². The molecule has 0 aliphatic carbocycles. The van der Waals surface area contributed by atoms with Crippen molar-refractivity contribution in [2.24, 2.45) is 7.05 Å². The van der Waals surface area contributed by atoms with Crippen LogP contribution in [-0.4, -0.2) is 24.5 Å². The topological polar surface area (TPSA) is 68.5 Å². The molecule has 120 valence electrons. The van der Waals surface area contributed by atoms with Gasteiger partial charge in [-0.1, -0.05) is 6.07 Å². The van der Waals surface area contributed by atoms with Crippen LogP contribution in [0.3, 0.4) is 0 Å². The summed E-state index contributed by atoms with van der Waals surface area (Å²) in [7, 11) is 1.97. The maximum absolute atomic E-state index is 4.70. The van der Waals surface area contributed by atoms with Gasteiger partial charge in [0.2, 0.25) is 0 Å². The van der Waals surface area contributed by atoms with Gasteiger partial charge in [0.25, 0.3) is 0 Å². The Morgan fingerprint density at radius 2 is 2.00 bits per heavy atom. The van der Waals surface area contributed by atoms with Crippen LogP contribution in [0.1, 0.15) is 10.7 Å². The SMILES string of the molecule is Cc1ccc2c(-c3cncn3C)cnc(Nc3csc(C)n3)c2n1. The van der Waals surface area contributed by atoms with Crippen LogP contribution >= 0.6 is 11.3 Å². The minimum atomic E-state index is 0.713. The third-order valence-electron chi connectivity index (χ3n) is 3.83. The fraction of sp³-hybridized carbons (Fsp3) is 0.176. The molecule has 0 amide bonds. The normalized spacial score (nSPS) is 11.1. The molecule has 0 unspecified atom stereocenters. The highest BCUT2D eigenvalue weighted by atomic mass is 32.1. The molecular weight excluding hydrogens is 320 g/mol. The highest BCUT2D eigenvalue weighted by Gasteiger charge is 2.14. The maximum atomic E-state index is 4.70. The molecule has 0 bridgehead atoms. The van der Waals surface area contributed by atoms with Gasteiger partial charge in [-0.3, -0.25) is 0 Å². The van der Waals surface area contributed by atoms with E-state index < -0.39 is 0 Å². The van der Waals surface area contributed by atoms with Gasteiger partial charge in [-0.2, -0.15) is 0 Å². The lowest BCUT2D eigenvalue weighted by molar-refractivity contribution is 0.921. The lowest BCUT2D eigenvalue weighted by atomic mass is 10.1. The summed E-state index contributed by atoms with van der Waals surface area (Å²) in [6.07, 6.45) is 5.48. The number of rotatable bonds is 3. The highest BCUT2D eigenvalue weighted by molar-refractivity contribution is 7.09. The van der Waals surface area contributed by atoms with E-state index >= 15 is 0 Å². The van der Waals surface area contributed by atoms with Crippen LogP contribution in [0.25, 0.3) is 22.2 Å². The van der Waals surface area contributed by atoms with Gasteiger partial charge in [-0.25, -0.2) is 19.9 Å². The summed E-state index contributed by atoms with van der Waals surface area (Å²) in [5.41, 5.74) is 3.80. The van der Waals surface area contributed by atoms with E-state index in [1.54, 1.807) is 17.7 Å². The number of nitrogens with one attached hydrogen (secondary N) is 1. The monoisotopic (exact) mass is 336 g/mol. The van der Waals surface area contributed by atoms with E-state index in [4.69, 9.17) is 4.98 Å². The quantitative estimate of drug-likeness (QED) is 0.615. The van der Waals surface area contributed by atoms with Crippen molar-refractivity contribution >= 4 is 33.9 Å². The first-order valence-corrected chi connectivity index (χ1v) is 8.42. The summed E-state index contributed by atoms with van der Waals surface area (Å²) in [6.45, 7) is 3.96. The van der Waals surface area contributed by atoms with Gasteiger partial charge in [0.05, 0.1) is 23.2 Å². The van der Waals surface area contributed by atoms with Gasteiger partial charge in [0.1, 0.15) is 11.3 Å². The number of imidazole rings is 1. The van der Waals surface area contributed by atoms with Crippen molar-refractivity contribution in [1.29, 1.82) is 0 Å². The second-order valence-electron chi connectivity index (χ2n) is 5.64. The second kappa shape index (κ2) is 5.68. The summed E-state index contributed by atoms with van der Waals surface area (Å²) in [5.74, 6) is 1.51. The van der Waals surface area contributed by atoms with Crippen molar-refractivity contribution in [1.82, 2.24) is 24.5 Å². The van der Waals surface area contributed by atoms with E-state index in [-0.39, 0.29) is 0 Å². The zero-order valence-electron chi connectivity index (χ0n) is 13.6. The van der Waals surface area contributed by atoms with E-state index in [1.807, 2.05) is 49.3 Å². The van der Waals surface area contributed by atoms with Crippen molar-refractivity contribution in [2.45, 2.75) is 13.8 Å². The maximum Gasteiger partial charge on any atom is 0.158 e. The van der Waals surface area contributed by atoms with Gasteiger partial charge in [-0.05, 0) is 19.9 Å². The number of pyridine rings is 2. The van der Waals surface area contributed by atoms with Gasteiger partial charge in [0, 0.05) is 35.3 Å². The Hall–Kier alpha value is -2.80. The fourth-order valence-electron chi connectivity index (χ4n) is 2.67. The molecule has 7 heteroatoms. The van der Waals surface area contributed by atoms with Crippen LogP contribution < -0.4 is 5.32 Å². The van der Waals surface area contributed by atoms with E-state index in [1.165, 1.54) is 0 Å². The molecule has 0 fully saturated rings. The number of aryl methyl sites for hydroxylation is 3. The smallest absolute Gasteiger partial charge is 0.158 e. The Bertz CT molecular complexity index is 1030. The molecule has 0 aliphatic heterocycles. The molecular formula is C17H16N6S. The predicted octanol–water partition coefficient (Wildman–Crippen LogP) is 3.85. The molecule has 1 N–H and O–H groups in total. The Labute approximate surface area is 143 Å². The molecule has 6 nitrogen and oxygen atoms in total. The van der Waals surface area contributed by atoms with E-state index in [9.17, 15) is 0 Å². The van der Waals surface area contributed by atoms with Crippen molar-refractivity contribution in [3.8, 4) is 11.3 Å². The van der Waals surface area contributed by atoms with Crippen molar-refractivity contribution in [3.63, 3.8) is 0 Å². The summed E-state index contributed by atoms with van der Waals surface area (Å²) >= 11 is 1.60. The van der Waals surface area contributed by atoms with Crippen LogP contribution in [0.2, 0.25) is 0 Å². The first-order chi connectivity index (χ1) is 11.6. The number of thiazole rings is 1. The third kappa shape index (κ3) is 2.52. The van der Waals surface area contributed by atoms with Gasteiger partial charge >= 0.3 is 0 Å². The van der Waals surface area contributed by atoms with Gasteiger partial charge < -0.3 is 9.88 Å². The molecule has 4 aromatic rings. The third-order valence-corrected chi connectivity index (χ3v) is 4.60. The van der Waals surface area contributed by atoms with Crippen LogP contribution in [0.5, 0.6) is 0 Å². The summed E-state index contributed by atoms with van der Waals surface area (Å²) < 4.78 is 1.98. The molecule has 0 radical (unpaired) electrons. The average molecular weight is 336 g/mol. The number of hydrogen-bond donors (Lipinski definition) is 1. The van der Waals surface area contributed by atoms with E-state index in [2.05, 4.69) is 26.3 Å². The van der Waals surface area contributed by atoms with Crippen molar-refractivity contribution in [2.75, 3.05) is 5.32 Å². The zero-order chi connectivity index (χ0) is 16.7. The Balaban J connectivity index is 1.90. The molecule has 0 atom stereocenters. The minimum Gasteiger partial charge on any atom is -0.334 e. The largest absolute Gasteiger partial charge is 0.334 e. The number of nitrogens with zero attached hydrogens (tertiary/aromatic N) is 5. The van der Waals surface area contributed by atoms with Crippen LogP contribution in [0.4, 0.5) is 11.6 Å². The molecule has 0 aliphatic rings. The lowest BCUT2D eigenvalue weighted by Crippen LogP contribution is -2.00. The second-order valence-corrected chi connectivity index (χ2v) is 6.70. The molecule has 4 heterocycles. The van der Waals surface area contributed by atoms with Crippen LogP contribution in [-0.2, 0) is 7.05 Å². The van der Waals surface area contributed by atoms with Gasteiger partial charge in [0.15, 0.2) is 5.82 Å². The number of fused-ring (bicyclic) bond motifs is 1. The summed E-state index contributed by atoms with van der Waals surface area (Å²) in [6, 6.07) is 4.10. The first-order valence-electron chi connectivity index (χ1n) is 7.54. The fourth-order valence-corrected chi connectivity index (χ4v) is 3.21. The summed E-state index contributed by atoms with van der Waals surface area (Å²) in [5, 5.41) is 7.31. The van der Waals surface area contributed by atoms with E-state index in [0.717, 1.165) is 38.7 Å². The molecule has 4 rings (SSSR count). The Morgan fingerprint density at radius 1 is 1.12 bits per heavy atom. The van der Waals surface area contributed by atoms with Crippen LogP contribution in [0, 0.1) is 13.8 Å². The van der Waals surface area contributed by atoms with Crippen molar-refractivity contribution < 1.29 is 0 Å². The number of aromatic nitrogens is 5. The molecule has 0 aromatic carbocycles. The van der Waals surface area contributed by atoms with Gasteiger partial charge in [-0.15, -0.1) is 11.3 Å². The molecule has 0 saturated heterocycles. The molecule has 0 saturated carbocycles. The average Bonchev–Trinajstić information content (AvgIpc) is 3.16. The lowest BCUT2D eigenvalue weighted by Gasteiger charge is -2.11. The molecule has 24 heavy (non-hydrogen) atoms. The Morgan fingerprint density at radius 3 is 2.71 bits per heavy atom. The summed E-state index contributed by atoms with van der Waals surface area (Å²) in [4.78, 5) is 18.0. The molecule has 4 aromatic heterocycles. The standard InChI is InChI=1S/C17H16N6S/c1-10-4-5-12-13(14-7-18-9-23(14)3)6-19-17(16(12)20-10)22-15-8-24-11(2)21-15/h4-9H,1-3H3,(H,19,22). The zero-order valence-corrected chi connectivity index (χ0v) is 14.4. The minimum absolute atomic E-state index is 0.713. The highest BCUT2D eigenvalue weighted by Crippen LogP contribution is 2.31. The van der Waals surface area contributed by atoms with Crippen LogP contribution in [0.15, 0.2) is 36.2 Å². The van der Waals surface area contributed by atoms with E-state index in [0.29, 0.717) is 5.82 Å². The Kier molecular flexibility index (Phi) is 3.50. The number of hydrogen-bond acceptors (Lipinski definition) is 6. The molecule has 0 spiro atoms. The predicted molar refractivity (Wildman–Crippen MR) is 96.6 cm³/mol. The number of anilines is 2.